The van der Waals surface area contributed by atoms with E-state index >= 15 is 0 Å². The van der Waals surface area contributed by atoms with Crippen molar-refractivity contribution in [2.75, 3.05) is 5.32 Å². The van der Waals surface area contributed by atoms with Crippen LogP contribution in [-0.2, 0) is 11.8 Å². The van der Waals surface area contributed by atoms with Crippen molar-refractivity contribution < 1.29 is 4.79 Å². The quantitative estimate of drug-likeness (QED) is 0.870. The number of nitrogens with zero attached hydrogens (tertiary/aromatic N) is 3. The zero-order valence-corrected chi connectivity index (χ0v) is 11.9. The van der Waals surface area contributed by atoms with Gasteiger partial charge in [0.1, 0.15) is 6.33 Å². The number of carbonyl (C=O) groups excluding carboxylic acids is 1. The number of thioether (sulfide) groups is 1. The van der Waals surface area contributed by atoms with Crippen LogP contribution >= 0.6 is 11.8 Å². The Morgan fingerprint density at radius 1 is 1.37 bits per heavy atom. The zero-order chi connectivity index (χ0) is 13.8. The molecule has 0 unspecified atom stereocenters. The van der Waals surface area contributed by atoms with Gasteiger partial charge >= 0.3 is 0 Å². The second-order valence-corrected chi connectivity index (χ2v) is 5.65. The van der Waals surface area contributed by atoms with Crippen LogP contribution < -0.4 is 5.32 Å². The van der Waals surface area contributed by atoms with E-state index in [9.17, 15) is 4.79 Å². The van der Waals surface area contributed by atoms with Gasteiger partial charge in [-0.1, -0.05) is 29.5 Å². The molecule has 5 nitrogen and oxygen atoms in total. The van der Waals surface area contributed by atoms with Gasteiger partial charge < -0.3 is 9.88 Å². The summed E-state index contributed by atoms with van der Waals surface area (Å²) in [5.41, 5.74) is 1.97. The van der Waals surface area contributed by atoms with Gasteiger partial charge in [0.05, 0.1) is 5.25 Å². The molecule has 0 saturated carbocycles. The van der Waals surface area contributed by atoms with Crippen LogP contribution in [0.4, 0.5) is 5.69 Å². The van der Waals surface area contributed by atoms with Crippen molar-refractivity contribution in [1.29, 1.82) is 0 Å². The first-order chi connectivity index (χ1) is 9.06. The molecule has 0 aliphatic carbocycles. The van der Waals surface area contributed by atoms with Gasteiger partial charge in [0.2, 0.25) is 5.91 Å². The van der Waals surface area contributed by atoms with E-state index in [4.69, 9.17) is 0 Å². The third-order valence-corrected chi connectivity index (χ3v) is 3.79. The van der Waals surface area contributed by atoms with Gasteiger partial charge in [0, 0.05) is 12.7 Å². The molecule has 1 aromatic carbocycles. The highest BCUT2D eigenvalue weighted by Crippen LogP contribution is 2.21. The van der Waals surface area contributed by atoms with E-state index in [-0.39, 0.29) is 11.2 Å². The molecule has 1 heterocycles. The summed E-state index contributed by atoms with van der Waals surface area (Å²) in [5, 5.41) is 11.1. The summed E-state index contributed by atoms with van der Waals surface area (Å²) in [5.74, 6) is -0.0446. The van der Waals surface area contributed by atoms with Gasteiger partial charge in [0.25, 0.3) is 0 Å². The topological polar surface area (TPSA) is 59.8 Å². The molecule has 0 aliphatic heterocycles. The Morgan fingerprint density at radius 3 is 2.63 bits per heavy atom. The van der Waals surface area contributed by atoms with E-state index in [2.05, 4.69) is 15.5 Å². The van der Waals surface area contributed by atoms with Crippen LogP contribution in [0.1, 0.15) is 12.5 Å². The largest absolute Gasteiger partial charge is 0.325 e. The summed E-state index contributed by atoms with van der Waals surface area (Å²) in [6.07, 6.45) is 1.62. The molecular formula is C13H16N4OS. The molecule has 0 aliphatic rings. The summed E-state index contributed by atoms with van der Waals surface area (Å²) < 4.78 is 1.79. The van der Waals surface area contributed by atoms with Crippen LogP contribution in [-0.4, -0.2) is 25.9 Å². The highest BCUT2D eigenvalue weighted by Gasteiger charge is 2.17. The molecule has 1 amide bonds. The fourth-order valence-electron chi connectivity index (χ4n) is 1.47. The Morgan fingerprint density at radius 2 is 2.05 bits per heavy atom. The molecule has 0 fully saturated rings. The summed E-state index contributed by atoms with van der Waals surface area (Å²) in [6, 6.07) is 7.73. The normalized spacial score (nSPS) is 12.2. The van der Waals surface area contributed by atoms with E-state index in [0.717, 1.165) is 10.8 Å². The highest BCUT2D eigenvalue weighted by molar-refractivity contribution is 8.00. The maximum atomic E-state index is 12.0. The number of anilines is 1. The van der Waals surface area contributed by atoms with Crippen molar-refractivity contribution in [1.82, 2.24) is 14.8 Å². The van der Waals surface area contributed by atoms with E-state index in [1.165, 1.54) is 17.3 Å². The molecule has 0 saturated heterocycles. The van der Waals surface area contributed by atoms with Crippen LogP contribution in [0.2, 0.25) is 0 Å². The van der Waals surface area contributed by atoms with Crippen molar-refractivity contribution in [2.45, 2.75) is 24.3 Å². The van der Waals surface area contributed by atoms with E-state index in [1.54, 1.807) is 10.9 Å². The molecule has 1 atom stereocenters. The lowest BCUT2D eigenvalue weighted by Gasteiger charge is -2.11. The van der Waals surface area contributed by atoms with Crippen molar-refractivity contribution in [3.05, 3.63) is 36.2 Å². The second kappa shape index (κ2) is 5.88. The number of carbonyl (C=O) groups is 1. The number of nitrogens with one attached hydrogen (secondary N) is 1. The number of aryl methyl sites for hydroxylation is 2. The molecule has 19 heavy (non-hydrogen) atoms. The predicted octanol–water partition coefficient (Wildman–Crippen LogP) is 2.24. The third-order valence-electron chi connectivity index (χ3n) is 2.64. The lowest BCUT2D eigenvalue weighted by Crippen LogP contribution is -2.22. The van der Waals surface area contributed by atoms with E-state index in [1.807, 2.05) is 45.2 Å². The van der Waals surface area contributed by atoms with Crippen molar-refractivity contribution in [2.24, 2.45) is 7.05 Å². The first-order valence-corrected chi connectivity index (χ1v) is 6.82. The maximum absolute atomic E-state index is 12.0. The van der Waals surface area contributed by atoms with Crippen molar-refractivity contribution in [3.8, 4) is 0 Å². The summed E-state index contributed by atoms with van der Waals surface area (Å²) >= 11 is 1.38. The minimum absolute atomic E-state index is 0.0446. The molecule has 1 aromatic heterocycles. The van der Waals surface area contributed by atoms with Crippen LogP contribution in [0, 0.1) is 6.92 Å². The van der Waals surface area contributed by atoms with Gasteiger partial charge in [0.15, 0.2) is 5.16 Å². The van der Waals surface area contributed by atoms with Crippen LogP contribution in [0.5, 0.6) is 0 Å². The molecule has 2 rings (SSSR count). The molecule has 6 heteroatoms. The third kappa shape index (κ3) is 3.57. The van der Waals surface area contributed by atoms with Crippen LogP contribution in [0.15, 0.2) is 35.7 Å². The van der Waals surface area contributed by atoms with Crippen molar-refractivity contribution >= 4 is 23.4 Å². The molecule has 0 radical (unpaired) electrons. The van der Waals surface area contributed by atoms with Gasteiger partial charge in [-0.2, -0.15) is 0 Å². The number of amides is 1. The summed E-state index contributed by atoms with van der Waals surface area (Å²) in [7, 11) is 1.85. The SMILES string of the molecule is Cc1ccc(NC(=O)[C@H](C)Sc2nncn2C)cc1. The average molecular weight is 276 g/mol. The minimum atomic E-state index is -0.232. The van der Waals surface area contributed by atoms with Crippen LogP contribution in [0.3, 0.4) is 0 Å². The number of hydrogen-bond donors (Lipinski definition) is 1. The molecule has 2 aromatic rings. The maximum Gasteiger partial charge on any atom is 0.237 e. The fourth-order valence-corrected chi connectivity index (χ4v) is 2.26. The summed E-state index contributed by atoms with van der Waals surface area (Å²) in [6.45, 7) is 3.86. The Kier molecular flexibility index (Phi) is 4.21. The fraction of sp³-hybridized carbons (Fsp3) is 0.308. The lowest BCUT2D eigenvalue weighted by atomic mass is 10.2. The van der Waals surface area contributed by atoms with Gasteiger partial charge in [-0.3, -0.25) is 4.79 Å². The zero-order valence-electron chi connectivity index (χ0n) is 11.1. The number of hydrogen-bond acceptors (Lipinski definition) is 4. The molecule has 100 valence electrons. The first-order valence-electron chi connectivity index (χ1n) is 5.94. The standard InChI is InChI=1S/C13H16N4OS/c1-9-4-6-11(7-5-9)15-12(18)10(2)19-13-16-14-8-17(13)3/h4-8,10H,1-3H3,(H,15,18)/t10-/m0/s1. The monoisotopic (exact) mass is 276 g/mol. The number of aromatic nitrogens is 3. The Hall–Kier alpha value is -1.82. The summed E-state index contributed by atoms with van der Waals surface area (Å²) in [4.78, 5) is 12.0. The smallest absolute Gasteiger partial charge is 0.237 e. The number of rotatable bonds is 4. The number of benzene rings is 1. The van der Waals surface area contributed by atoms with Gasteiger partial charge in [-0.05, 0) is 26.0 Å². The Bertz CT molecular complexity index is 564. The predicted molar refractivity (Wildman–Crippen MR) is 76.1 cm³/mol. The molecular weight excluding hydrogens is 260 g/mol. The average Bonchev–Trinajstić information content (AvgIpc) is 2.78. The van der Waals surface area contributed by atoms with Crippen molar-refractivity contribution in [3.63, 3.8) is 0 Å². The first kappa shape index (κ1) is 13.6. The molecule has 0 bridgehead atoms. The van der Waals surface area contributed by atoms with E-state index in [0.29, 0.717) is 0 Å². The lowest BCUT2D eigenvalue weighted by molar-refractivity contribution is -0.115. The minimum Gasteiger partial charge on any atom is -0.325 e. The molecule has 0 spiro atoms. The highest BCUT2D eigenvalue weighted by atomic mass is 32.2. The Balaban J connectivity index is 1.96. The van der Waals surface area contributed by atoms with Crippen LogP contribution in [0.25, 0.3) is 0 Å². The second-order valence-electron chi connectivity index (χ2n) is 4.34. The van der Waals surface area contributed by atoms with Gasteiger partial charge in [-0.15, -0.1) is 10.2 Å². The molecule has 1 N–H and O–H groups in total. The van der Waals surface area contributed by atoms with E-state index < -0.39 is 0 Å². The van der Waals surface area contributed by atoms with Gasteiger partial charge in [-0.25, -0.2) is 0 Å². The Labute approximate surface area is 116 Å².